The van der Waals surface area contributed by atoms with Crippen molar-refractivity contribution in [3.8, 4) is 0 Å². The minimum Gasteiger partial charge on any atom is 0 e. The standard InChI is InChI=1S/Cu.Ni.Ti.Zn. The number of hydrogen-bond acceptors (Lipinski definition) is 0. The van der Waals surface area contributed by atoms with Crippen molar-refractivity contribution in [3.63, 3.8) is 0 Å². The van der Waals surface area contributed by atoms with Crippen molar-refractivity contribution < 1.29 is 74.8 Å². The third-order valence-electron chi connectivity index (χ3n) is 0. The topological polar surface area (TPSA) is 0 Å². The molecule has 0 aromatic heterocycles. The second-order valence-electron chi connectivity index (χ2n) is 0. The molecule has 4 heteroatoms. The van der Waals surface area contributed by atoms with Gasteiger partial charge in [-0.25, -0.2) is 0 Å². The molecule has 0 aliphatic rings. The molecule has 4 heavy (non-hydrogen) atoms. The van der Waals surface area contributed by atoms with Crippen LogP contribution in [0.15, 0.2) is 0 Å². The van der Waals surface area contributed by atoms with Crippen LogP contribution in [0.5, 0.6) is 0 Å². The molecule has 0 spiro atoms. The summed E-state index contributed by atoms with van der Waals surface area (Å²) < 4.78 is 0. The first-order valence-corrected chi connectivity index (χ1v) is 0. The van der Waals surface area contributed by atoms with Crippen molar-refractivity contribution in [2.24, 2.45) is 0 Å². The van der Waals surface area contributed by atoms with Gasteiger partial charge in [-0.05, 0) is 0 Å². The Morgan fingerprint density at radius 1 is 1.00 bits per heavy atom. The van der Waals surface area contributed by atoms with E-state index in [4.69, 9.17) is 0 Å². The molecule has 0 nitrogen and oxygen atoms in total. The molecule has 0 fully saturated rings. The van der Waals surface area contributed by atoms with E-state index in [1.165, 1.54) is 0 Å². The van der Waals surface area contributed by atoms with Crippen LogP contribution >= 0.6 is 0 Å². The van der Waals surface area contributed by atoms with Crippen LogP contribution in [-0.2, 0) is 74.8 Å². The molecule has 27 valence electrons. The molecule has 0 bridgehead atoms. The number of hydrogen-bond donors (Lipinski definition) is 0. The molecule has 0 atom stereocenters. The molecule has 0 aliphatic heterocycles. The molecule has 0 N–H and O–H groups in total. The summed E-state index contributed by atoms with van der Waals surface area (Å²) in [4.78, 5) is 0. The van der Waals surface area contributed by atoms with E-state index in [1.807, 2.05) is 0 Å². The minimum absolute atomic E-state index is 0. The largest absolute Gasteiger partial charge is 0 e. The van der Waals surface area contributed by atoms with Gasteiger partial charge >= 0.3 is 0 Å². The quantitative estimate of drug-likeness (QED) is 0.518. The summed E-state index contributed by atoms with van der Waals surface area (Å²) in [5.41, 5.74) is 0. The third-order valence-corrected chi connectivity index (χ3v) is 0. The Kier molecular flexibility index (Phi) is 151. The summed E-state index contributed by atoms with van der Waals surface area (Å²) in [6.45, 7) is 0. The Balaban J connectivity index is 0. The van der Waals surface area contributed by atoms with Gasteiger partial charge in [0.05, 0.1) is 0 Å². The van der Waals surface area contributed by atoms with Gasteiger partial charge in [0.25, 0.3) is 0 Å². The summed E-state index contributed by atoms with van der Waals surface area (Å²) in [6.07, 6.45) is 0. The van der Waals surface area contributed by atoms with Gasteiger partial charge in [0.2, 0.25) is 0 Å². The van der Waals surface area contributed by atoms with Crippen molar-refractivity contribution in [2.75, 3.05) is 0 Å². The van der Waals surface area contributed by atoms with E-state index in [-0.39, 0.29) is 74.8 Å². The van der Waals surface area contributed by atoms with Crippen LogP contribution in [-0.4, -0.2) is 0 Å². The Morgan fingerprint density at radius 2 is 1.00 bits per heavy atom. The average Bonchev–Trinajstić information content (AvgIpc) is 0. The van der Waals surface area contributed by atoms with Crippen LogP contribution < -0.4 is 0 Å². The van der Waals surface area contributed by atoms with Crippen LogP contribution in [0.2, 0.25) is 0 Å². The number of rotatable bonds is 0. The van der Waals surface area contributed by atoms with Gasteiger partial charge in [-0.1, -0.05) is 0 Å². The van der Waals surface area contributed by atoms with Crippen LogP contribution in [0.3, 0.4) is 0 Å². The molecule has 0 aromatic carbocycles. The SMILES string of the molecule is [Cu].[Ni].[Ti].[Zn]. The minimum atomic E-state index is 0. The summed E-state index contributed by atoms with van der Waals surface area (Å²) in [5.74, 6) is 0. The van der Waals surface area contributed by atoms with E-state index in [0.717, 1.165) is 0 Å². The second-order valence-corrected chi connectivity index (χ2v) is 0. The molecule has 1 radical (unpaired) electrons. The Bertz CT molecular complexity index is 8.00. The molecular formula is CuNiTiZn. The van der Waals surface area contributed by atoms with Gasteiger partial charge in [0.1, 0.15) is 0 Å². The maximum absolute atomic E-state index is 0. The maximum atomic E-state index is 0. The fraction of sp³-hybridized carbons (Fsp3) is 0. The normalized spacial score (nSPS) is 0. The molecule has 0 rings (SSSR count). The van der Waals surface area contributed by atoms with Crippen molar-refractivity contribution in [1.29, 1.82) is 0 Å². The first kappa shape index (κ1) is 32.9. The van der Waals surface area contributed by atoms with Crippen molar-refractivity contribution in [2.45, 2.75) is 0 Å². The van der Waals surface area contributed by atoms with Crippen LogP contribution in [0, 0.1) is 0 Å². The predicted octanol–water partition coefficient (Wildman–Crippen LogP) is -0.0100. The predicted molar refractivity (Wildman–Crippen MR) is 0 cm³/mol. The molecule has 0 aliphatic carbocycles. The van der Waals surface area contributed by atoms with Crippen molar-refractivity contribution >= 4 is 0 Å². The fourth-order valence-electron chi connectivity index (χ4n) is 0. The first-order valence-electron chi connectivity index (χ1n) is 0. The van der Waals surface area contributed by atoms with E-state index in [9.17, 15) is 0 Å². The molecular weight excluding hydrogens is 235 g/mol. The van der Waals surface area contributed by atoms with Gasteiger partial charge in [0.15, 0.2) is 0 Å². The van der Waals surface area contributed by atoms with Gasteiger partial charge in [-0.2, -0.15) is 0 Å². The van der Waals surface area contributed by atoms with Crippen molar-refractivity contribution in [1.82, 2.24) is 0 Å². The third kappa shape index (κ3) is 8.84. The summed E-state index contributed by atoms with van der Waals surface area (Å²) in [7, 11) is 0. The Morgan fingerprint density at radius 3 is 1.00 bits per heavy atom. The summed E-state index contributed by atoms with van der Waals surface area (Å²) in [6, 6.07) is 0. The summed E-state index contributed by atoms with van der Waals surface area (Å²) >= 11 is 0. The Hall–Kier alpha value is 2.35. The molecule has 0 unspecified atom stereocenters. The van der Waals surface area contributed by atoms with E-state index in [0.29, 0.717) is 0 Å². The fourth-order valence-corrected chi connectivity index (χ4v) is 0. The van der Waals surface area contributed by atoms with Crippen LogP contribution in [0.25, 0.3) is 0 Å². The zero-order valence-corrected chi connectivity index (χ0v) is 8.28. The van der Waals surface area contributed by atoms with E-state index in [2.05, 4.69) is 0 Å². The Labute approximate surface area is 73.9 Å². The van der Waals surface area contributed by atoms with Gasteiger partial charge in [0, 0.05) is 74.8 Å². The maximum Gasteiger partial charge on any atom is 0 e. The van der Waals surface area contributed by atoms with E-state index < -0.39 is 0 Å². The van der Waals surface area contributed by atoms with Gasteiger partial charge < -0.3 is 0 Å². The molecule has 0 heterocycles. The summed E-state index contributed by atoms with van der Waals surface area (Å²) in [5, 5.41) is 0. The molecule has 0 saturated carbocycles. The van der Waals surface area contributed by atoms with Gasteiger partial charge in [-0.15, -0.1) is 0 Å². The van der Waals surface area contributed by atoms with Crippen LogP contribution in [0.1, 0.15) is 0 Å². The van der Waals surface area contributed by atoms with Crippen LogP contribution in [0.4, 0.5) is 0 Å². The average molecular weight is 235 g/mol. The molecule has 0 saturated heterocycles. The van der Waals surface area contributed by atoms with Crippen molar-refractivity contribution in [3.05, 3.63) is 0 Å². The smallest absolute Gasteiger partial charge is 0 e. The zero-order valence-electron chi connectivity index (χ0n) is 1.82. The monoisotopic (exact) mass is 233 g/mol. The van der Waals surface area contributed by atoms with E-state index in [1.54, 1.807) is 0 Å². The van der Waals surface area contributed by atoms with E-state index >= 15 is 0 Å². The van der Waals surface area contributed by atoms with Gasteiger partial charge in [-0.3, -0.25) is 0 Å². The molecule has 0 aromatic rings. The first-order chi connectivity index (χ1) is 0. The second kappa shape index (κ2) is 18.3. The zero-order chi connectivity index (χ0) is 0. The molecule has 0 amide bonds.